The van der Waals surface area contributed by atoms with Crippen molar-refractivity contribution in [2.45, 2.75) is 64.3 Å². The van der Waals surface area contributed by atoms with Crippen molar-refractivity contribution < 1.29 is 9.47 Å². The summed E-state index contributed by atoms with van der Waals surface area (Å²) in [6.07, 6.45) is 9.44. The largest absolute Gasteiger partial charge is 0.353 e. The molecule has 14 heavy (non-hydrogen) atoms. The molecule has 0 aromatic rings. The summed E-state index contributed by atoms with van der Waals surface area (Å²) in [5, 5.41) is 0. The van der Waals surface area contributed by atoms with Crippen LogP contribution in [0.3, 0.4) is 0 Å². The van der Waals surface area contributed by atoms with Crippen LogP contribution in [0.5, 0.6) is 0 Å². The van der Waals surface area contributed by atoms with Gasteiger partial charge in [-0.3, -0.25) is 0 Å². The highest BCUT2D eigenvalue weighted by atomic mass is 16.7. The van der Waals surface area contributed by atoms with Crippen LogP contribution in [0.15, 0.2) is 0 Å². The Morgan fingerprint density at radius 1 is 1.14 bits per heavy atom. The minimum atomic E-state index is 0.123. The SMILES string of the molecule is CCC1CCC(OC2CCCO2)CC1. The second-order valence-electron chi connectivity index (χ2n) is 4.63. The summed E-state index contributed by atoms with van der Waals surface area (Å²) in [7, 11) is 0. The van der Waals surface area contributed by atoms with Gasteiger partial charge in [0.05, 0.1) is 6.10 Å². The molecule has 0 spiro atoms. The maximum Gasteiger partial charge on any atom is 0.158 e. The molecule has 1 heterocycles. The summed E-state index contributed by atoms with van der Waals surface area (Å²) in [6, 6.07) is 0. The van der Waals surface area contributed by atoms with Gasteiger partial charge in [0, 0.05) is 13.0 Å². The van der Waals surface area contributed by atoms with Crippen molar-refractivity contribution in [3.63, 3.8) is 0 Å². The van der Waals surface area contributed by atoms with Gasteiger partial charge in [0.2, 0.25) is 0 Å². The summed E-state index contributed by atoms with van der Waals surface area (Å²) in [5.41, 5.74) is 0. The molecular weight excluding hydrogens is 176 g/mol. The summed E-state index contributed by atoms with van der Waals surface area (Å²) in [4.78, 5) is 0. The third-order valence-electron chi connectivity index (χ3n) is 3.60. The Kier molecular flexibility index (Phi) is 3.82. The van der Waals surface area contributed by atoms with Crippen molar-refractivity contribution in [2.24, 2.45) is 5.92 Å². The van der Waals surface area contributed by atoms with Gasteiger partial charge in [0.1, 0.15) is 0 Å². The third kappa shape index (κ3) is 2.71. The standard InChI is InChI=1S/C12H22O2/c1-2-10-5-7-11(8-6-10)14-12-4-3-9-13-12/h10-12H,2-9H2,1H3. The Hall–Kier alpha value is -0.0800. The van der Waals surface area contributed by atoms with Crippen LogP contribution in [0, 0.1) is 5.92 Å². The molecule has 0 radical (unpaired) electrons. The molecule has 2 nitrogen and oxygen atoms in total. The van der Waals surface area contributed by atoms with Crippen LogP contribution in [-0.4, -0.2) is 19.0 Å². The number of ether oxygens (including phenoxy) is 2. The van der Waals surface area contributed by atoms with Crippen LogP contribution >= 0.6 is 0 Å². The molecule has 0 aromatic carbocycles. The van der Waals surface area contributed by atoms with E-state index in [9.17, 15) is 0 Å². The maximum atomic E-state index is 5.92. The van der Waals surface area contributed by atoms with E-state index >= 15 is 0 Å². The van der Waals surface area contributed by atoms with E-state index in [1.165, 1.54) is 38.5 Å². The van der Waals surface area contributed by atoms with Gasteiger partial charge < -0.3 is 9.47 Å². The molecule has 2 aliphatic rings. The molecule has 2 rings (SSSR count). The molecule has 2 fully saturated rings. The predicted octanol–water partition coefficient (Wildman–Crippen LogP) is 3.11. The number of hydrogen-bond donors (Lipinski definition) is 0. The third-order valence-corrected chi connectivity index (χ3v) is 3.60. The van der Waals surface area contributed by atoms with Crippen LogP contribution in [0.2, 0.25) is 0 Å². The van der Waals surface area contributed by atoms with Crippen molar-refractivity contribution in [3.05, 3.63) is 0 Å². The zero-order valence-electron chi connectivity index (χ0n) is 9.21. The molecule has 1 unspecified atom stereocenters. The van der Waals surface area contributed by atoms with Gasteiger partial charge in [-0.05, 0) is 38.0 Å². The highest BCUT2D eigenvalue weighted by Gasteiger charge is 2.25. The van der Waals surface area contributed by atoms with E-state index in [0.29, 0.717) is 6.10 Å². The first-order valence-electron chi connectivity index (χ1n) is 6.15. The van der Waals surface area contributed by atoms with Gasteiger partial charge in [0.25, 0.3) is 0 Å². The topological polar surface area (TPSA) is 18.5 Å². The van der Waals surface area contributed by atoms with E-state index < -0.39 is 0 Å². The molecule has 1 aliphatic heterocycles. The van der Waals surface area contributed by atoms with E-state index in [2.05, 4.69) is 6.92 Å². The Morgan fingerprint density at radius 3 is 2.50 bits per heavy atom. The number of hydrogen-bond acceptors (Lipinski definition) is 2. The van der Waals surface area contributed by atoms with E-state index in [1.807, 2.05) is 0 Å². The first-order chi connectivity index (χ1) is 6.88. The van der Waals surface area contributed by atoms with E-state index in [1.54, 1.807) is 0 Å². The fourth-order valence-electron chi connectivity index (χ4n) is 2.55. The minimum absolute atomic E-state index is 0.123. The summed E-state index contributed by atoms with van der Waals surface area (Å²) in [5.74, 6) is 0.958. The van der Waals surface area contributed by atoms with Crippen molar-refractivity contribution >= 4 is 0 Å². The number of rotatable bonds is 3. The van der Waals surface area contributed by atoms with E-state index in [0.717, 1.165) is 18.9 Å². The van der Waals surface area contributed by atoms with Crippen molar-refractivity contribution in [1.82, 2.24) is 0 Å². The Labute approximate surface area is 87.0 Å². The summed E-state index contributed by atoms with van der Waals surface area (Å²) in [6.45, 7) is 3.20. The molecule has 0 amide bonds. The quantitative estimate of drug-likeness (QED) is 0.693. The lowest BCUT2D eigenvalue weighted by atomic mass is 9.86. The molecule has 1 saturated heterocycles. The molecule has 0 aromatic heterocycles. The normalized spacial score (nSPS) is 38.8. The van der Waals surface area contributed by atoms with Gasteiger partial charge in [0.15, 0.2) is 6.29 Å². The lowest BCUT2D eigenvalue weighted by Crippen LogP contribution is -2.26. The first-order valence-corrected chi connectivity index (χ1v) is 6.15. The highest BCUT2D eigenvalue weighted by molar-refractivity contribution is 4.72. The molecule has 1 saturated carbocycles. The second-order valence-corrected chi connectivity index (χ2v) is 4.63. The molecular formula is C12H22O2. The van der Waals surface area contributed by atoms with Crippen LogP contribution in [0.25, 0.3) is 0 Å². The Balaban J connectivity index is 1.67. The van der Waals surface area contributed by atoms with E-state index in [4.69, 9.17) is 9.47 Å². The predicted molar refractivity (Wildman–Crippen MR) is 56.1 cm³/mol. The average molecular weight is 198 g/mol. The molecule has 0 N–H and O–H groups in total. The van der Waals surface area contributed by atoms with Gasteiger partial charge in [-0.25, -0.2) is 0 Å². The van der Waals surface area contributed by atoms with Crippen molar-refractivity contribution in [1.29, 1.82) is 0 Å². The Bertz CT molecular complexity index is 156. The first kappa shape index (κ1) is 10.4. The maximum absolute atomic E-state index is 5.92. The van der Waals surface area contributed by atoms with Gasteiger partial charge in [-0.1, -0.05) is 13.3 Å². The zero-order chi connectivity index (χ0) is 9.80. The molecule has 2 heteroatoms. The molecule has 0 bridgehead atoms. The molecule has 1 aliphatic carbocycles. The minimum Gasteiger partial charge on any atom is -0.353 e. The van der Waals surface area contributed by atoms with Gasteiger partial charge in [-0.15, -0.1) is 0 Å². The van der Waals surface area contributed by atoms with Gasteiger partial charge in [-0.2, -0.15) is 0 Å². The second kappa shape index (κ2) is 5.13. The monoisotopic (exact) mass is 198 g/mol. The lowest BCUT2D eigenvalue weighted by molar-refractivity contribution is -0.153. The zero-order valence-corrected chi connectivity index (χ0v) is 9.21. The lowest BCUT2D eigenvalue weighted by Gasteiger charge is -2.29. The van der Waals surface area contributed by atoms with Crippen LogP contribution < -0.4 is 0 Å². The fraction of sp³-hybridized carbons (Fsp3) is 1.00. The van der Waals surface area contributed by atoms with E-state index in [-0.39, 0.29) is 6.29 Å². The Morgan fingerprint density at radius 2 is 1.93 bits per heavy atom. The highest BCUT2D eigenvalue weighted by Crippen LogP contribution is 2.30. The summed E-state index contributed by atoms with van der Waals surface area (Å²) < 4.78 is 11.4. The summed E-state index contributed by atoms with van der Waals surface area (Å²) >= 11 is 0. The van der Waals surface area contributed by atoms with Crippen molar-refractivity contribution in [2.75, 3.05) is 6.61 Å². The van der Waals surface area contributed by atoms with Crippen LogP contribution in [0.1, 0.15) is 51.9 Å². The van der Waals surface area contributed by atoms with Crippen LogP contribution in [0.4, 0.5) is 0 Å². The fourth-order valence-corrected chi connectivity index (χ4v) is 2.55. The van der Waals surface area contributed by atoms with Crippen LogP contribution in [-0.2, 0) is 9.47 Å². The molecule has 82 valence electrons. The molecule has 1 atom stereocenters. The average Bonchev–Trinajstić information content (AvgIpc) is 2.72. The van der Waals surface area contributed by atoms with Gasteiger partial charge >= 0.3 is 0 Å². The smallest absolute Gasteiger partial charge is 0.158 e. The van der Waals surface area contributed by atoms with Crippen molar-refractivity contribution in [3.8, 4) is 0 Å².